The molecule has 1 aliphatic heterocycles. The number of carbonyl (C=O) groups excluding carboxylic acids is 2. The van der Waals surface area contributed by atoms with Gasteiger partial charge in [-0.05, 0) is 65.9 Å². The summed E-state index contributed by atoms with van der Waals surface area (Å²) in [6.07, 6.45) is 0.769. The van der Waals surface area contributed by atoms with Crippen molar-refractivity contribution in [2.24, 2.45) is 5.10 Å². The fourth-order valence-corrected chi connectivity index (χ4v) is 6.66. The van der Waals surface area contributed by atoms with Gasteiger partial charge in [-0.2, -0.15) is 5.10 Å². The van der Waals surface area contributed by atoms with Crippen LogP contribution in [0.25, 0.3) is 5.69 Å². The molecule has 1 unspecified atom stereocenters. The highest BCUT2D eigenvalue weighted by Gasteiger charge is 2.33. The van der Waals surface area contributed by atoms with E-state index in [4.69, 9.17) is 9.84 Å². The minimum Gasteiger partial charge on any atom is -0.494 e. The zero-order valence-electron chi connectivity index (χ0n) is 25.0. The molecule has 5 aromatic rings. The van der Waals surface area contributed by atoms with E-state index in [0.29, 0.717) is 24.0 Å². The quantitative estimate of drug-likeness (QED) is 0.161. The lowest BCUT2D eigenvalue weighted by Crippen LogP contribution is -2.28. The van der Waals surface area contributed by atoms with E-state index in [1.54, 1.807) is 23.5 Å². The van der Waals surface area contributed by atoms with Gasteiger partial charge in [0.15, 0.2) is 11.0 Å². The van der Waals surface area contributed by atoms with E-state index in [2.05, 4.69) is 15.5 Å². The Morgan fingerprint density at radius 2 is 1.78 bits per heavy atom. The molecule has 0 spiro atoms. The van der Waals surface area contributed by atoms with Crippen LogP contribution in [0, 0.1) is 5.82 Å². The number of thiophene rings is 1. The first-order chi connectivity index (χ1) is 22.5. The number of benzene rings is 3. The Morgan fingerprint density at radius 3 is 2.50 bits per heavy atom. The van der Waals surface area contributed by atoms with E-state index in [1.165, 1.54) is 28.9 Å². The van der Waals surface area contributed by atoms with Crippen molar-refractivity contribution in [3.63, 3.8) is 0 Å². The van der Waals surface area contributed by atoms with Crippen LogP contribution in [0.5, 0.6) is 5.75 Å². The zero-order chi connectivity index (χ0) is 31.9. The number of rotatable bonds is 12. The highest BCUT2D eigenvalue weighted by molar-refractivity contribution is 7.99. The zero-order valence-corrected chi connectivity index (χ0v) is 26.6. The van der Waals surface area contributed by atoms with Gasteiger partial charge in [-0.15, -0.1) is 21.5 Å². The second-order valence-corrected chi connectivity index (χ2v) is 12.3. The summed E-state index contributed by atoms with van der Waals surface area (Å²) in [5.41, 5.74) is 3.29. The number of ether oxygens (including phenoxy) is 1. The van der Waals surface area contributed by atoms with Gasteiger partial charge in [0.25, 0.3) is 5.91 Å². The maximum atomic E-state index is 13.7. The number of hydrazone groups is 1. The molecule has 6 rings (SSSR count). The normalized spacial score (nSPS) is 14.3. The van der Waals surface area contributed by atoms with Gasteiger partial charge in [-0.1, -0.05) is 60.3 Å². The lowest BCUT2D eigenvalue weighted by Gasteiger charge is -2.22. The predicted octanol–water partition coefficient (Wildman–Crippen LogP) is 6.20. The van der Waals surface area contributed by atoms with Crippen molar-refractivity contribution < 1.29 is 18.7 Å². The molecule has 1 aliphatic rings. The van der Waals surface area contributed by atoms with Crippen LogP contribution >= 0.6 is 23.1 Å². The fourth-order valence-electron chi connectivity index (χ4n) is 5.12. The monoisotopic (exact) mass is 654 g/mol. The van der Waals surface area contributed by atoms with E-state index in [9.17, 15) is 14.0 Å². The van der Waals surface area contributed by atoms with Gasteiger partial charge in [-0.3, -0.25) is 14.2 Å². The third-order valence-corrected chi connectivity index (χ3v) is 9.14. The third-order valence-electron chi connectivity index (χ3n) is 7.31. The summed E-state index contributed by atoms with van der Waals surface area (Å²) in [5, 5.41) is 20.4. The molecule has 3 aromatic carbocycles. The SMILES string of the molecule is CCOc1ccc(-n2c(CNC(=O)Cc3ccccc3)nnc2SCC(=O)N2N=C(c3cccs3)CC2c2ccc(F)cc2)cc1. The molecule has 0 bridgehead atoms. The Kier molecular flexibility index (Phi) is 9.85. The number of amides is 2. The molecule has 9 nitrogen and oxygen atoms in total. The van der Waals surface area contributed by atoms with Crippen molar-refractivity contribution >= 4 is 40.6 Å². The molecule has 0 radical (unpaired) electrons. The minimum atomic E-state index is -0.356. The number of nitrogens with one attached hydrogen (secondary N) is 1. The summed E-state index contributed by atoms with van der Waals surface area (Å²) in [6.45, 7) is 2.61. The van der Waals surface area contributed by atoms with Gasteiger partial charge in [0.05, 0.1) is 42.0 Å². The molecule has 234 valence electrons. The molecule has 1 atom stereocenters. The van der Waals surface area contributed by atoms with Gasteiger partial charge in [-0.25, -0.2) is 9.40 Å². The van der Waals surface area contributed by atoms with Crippen molar-refractivity contribution in [3.8, 4) is 11.4 Å². The Hall–Kier alpha value is -4.81. The second-order valence-electron chi connectivity index (χ2n) is 10.4. The van der Waals surface area contributed by atoms with Gasteiger partial charge in [0, 0.05) is 12.1 Å². The Bertz CT molecular complexity index is 1810. The first-order valence-corrected chi connectivity index (χ1v) is 16.6. The molecule has 2 amide bonds. The van der Waals surface area contributed by atoms with Crippen LogP contribution in [-0.2, 0) is 22.6 Å². The fraction of sp³-hybridized carbons (Fsp3) is 0.206. The van der Waals surface area contributed by atoms with E-state index in [0.717, 1.165) is 33.2 Å². The van der Waals surface area contributed by atoms with Crippen LogP contribution in [0.3, 0.4) is 0 Å². The van der Waals surface area contributed by atoms with E-state index in [1.807, 2.05) is 83.6 Å². The third kappa shape index (κ3) is 7.35. The maximum Gasteiger partial charge on any atom is 0.253 e. The van der Waals surface area contributed by atoms with Crippen LogP contribution in [0.15, 0.2) is 107 Å². The molecular weight excluding hydrogens is 624 g/mol. The van der Waals surface area contributed by atoms with E-state index in [-0.39, 0.29) is 42.4 Å². The summed E-state index contributed by atoms with van der Waals surface area (Å²) in [6, 6.07) is 26.8. The van der Waals surface area contributed by atoms with Crippen LogP contribution in [-0.4, -0.2) is 49.7 Å². The average Bonchev–Trinajstić information content (AvgIpc) is 3.85. The number of carbonyl (C=O) groups is 2. The standard InChI is InChI=1S/C34H31FN6O3S2/c1-2-44-27-16-14-26(15-17-27)40-31(21-36-32(42)19-23-7-4-3-5-8-23)37-38-34(40)46-22-33(43)41-29(24-10-12-25(35)13-11-24)20-28(39-41)30-9-6-18-45-30/h3-18,29H,2,19-22H2,1H3,(H,36,42). The number of hydrogen-bond donors (Lipinski definition) is 1. The van der Waals surface area contributed by atoms with E-state index < -0.39 is 0 Å². The minimum absolute atomic E-state index is 0.0362. The summed E-state index contributed by atoms with van der Waals surface area (Å²) >= 11 is 2.80. The molecule has 0 aliphatic carbocycles. The van der Waals surface area contributed by atoms with Crippen LogP contribution in [0.4, 0.5) is 4.39 Å². The topological polar surface area (TPSA) is 102 Å². The number of halogens is 1. The molecule has 1 N–H and O–H groups in total. The smallest absolute Gasteiger partial charge is 0.253 e. The first-order valence-electron chi connectivity index (χ1n) is 14.8. The lowest BCUT2D eigenvalue weighted by molar-refractivity contribution is -0.130. The first kappa shape index (κ1) is 31.2. The van der Waals surface area contributed by atoms with Crippen molar-refractivity contribution in [1.29, 1.82) is 0 Å². The molecule has 46 heavy (non-hydrogen) atoms. The van der Waals surface area contributed by atoms with Crippen LogP contribution < -0.4 is 10.1 Å². The Labute approximate surface area is 274 Å². The Balaban J connectivity index is 1.22. The highest BCUT2D eigenvalue weighted by Crippen LogP contribution is 2.35. The highest BCUT2D eigenvalue weighted by atomic mass is 32.2. The van der Waals surface area contributed by atoms with Crippen molar-refractivity contribution in [2.75, 3.05) is 12.4 Å². The average molecular weight is 655 g/mol. The number of hydrogen-bond acceptors (Lipinski definition) is 8. The summed E-state index contributed by atoms with van der Waals surface area (Å²) < 4.78 is 21.2. The van der Waals surface area contributed by atoms with Crippen molar-refractivity contribution in [1.82, 2.24) is 25.1 Å². The largest absolute Gasteiger partial charge is 0.494 e. The molecule has 0 fully saturated rings. The van der Waals surface area contributed by atoms with Crippen molar-refractivity contribution in [2.45, 2.75) is 37.5 Å². The summed E-state index contributed by atoms with van der Waals surface area (Å²) in [5.74, 6) is 0.580. The molecule has 2 aromatic heterocycles. The molecule has 12 heteroatoms. The second kappa shape index (κ2) is 14.5. The maximum absolute atomic E-state index is 13.7. The predicted molar refractivity (Wildman–Crippen MR) is 177 cm³/mol. The summed E-state index contributed by atoms with van der Waals surface area (Å²) in [7, 11) is 0. The van der Waals surface area contributed by atoms with Gasteiger partial charge < -0.3 is 10.1 Å². The Morgan fingerprint density at radius 1 is 1.00 bits per heavy atom. The summed E-state index contributed by atoms with van der Waals surface area (Å²) in [4.78, 5) is 27.5. The number of thioether (sulfide) groups is 1. The van der Waals surface area contributed by atoms with Gasteiger partial charge in [0.2, 0.25) is 5.91 Å². The van der Waals surface area contributed by atoms with Gasteiger partial charge in [0.1, 0.15) is 11.6 Å². The molecule has 3 heterocycles. The van der Waals surface area contributed by atoms with Crippen LogP contribution in [0.1, 0.15) is 41.2 Å². The lowest BCUT2D eigenvalue weighted by atomic mass is 10.0. The number of nitrogens with zero attached hydrogens (tertiary/aromatic N) is 5. The van der Waals surface area contributed by atoms with Crippen molar-refractivity contribution in [3.05, 3.63) is 124 Å². The van der Waals surface area contributed by atoms with E-state index >= 15 is 0 Å². The molecule has 0 saturated carbocycles. The van der Waals surface area contributed by atoms with Crippen LogP contribution in [0.2, 0.25) is 0 Å². The molecular formula is C34H31FN6O3S2. The van der Waals surface area contributed by atoms with Gasteiger partial charge >= 0.3 is 0 Å². The molecule has 0 saturated heterocycles. The number of aromatic nitrogens is 3.